The van der Waals surface area contributed by atoms with E-state index in [0.29, 0.717) is 12.2 Å². The lowest BCUT2D eigenvalue weighted by Crippen LogP contribution is -2.15. The van der Waals surface area contributed by atoms with Crippen LogP contribution in [-0.2, 0) is 6.61 Å². The zero-order valence-corrected chi connectivity index (χ0v) is 12.0. The molecular formula is C17H24O3. The Morgan fingerprint density at radius 1 is 0.850 bits per heavy atom. The number of ether oxygens (including phenoxy) is 2. The number of hydrogen-bond acceptors (Lipinski definition) is 3. The van der Waals surface area contributed by atoms with Crippen LogP contribution in [0, 0.1) is 0 Å². The zero-order valence-electron chi connectivity index (χ0n) is 12.0. The van der Waals surface area contributed by atoms with Crippen molar-refractivity contribution in [1.29, 1.82) is 0 Å². The van der Waals surface area contributed by atoms with Crippen LogP contribution in [0.3, 0.4) is 0 Å². The van der Waals surface area contributed by atoms with Gasteiger partial charge in [-0.3, -0.25) is 0 Å². The minimum atomic E-state index is 0.0464. The van der Waals surface area contributed by atoms with E-state index in [2.05, 4.69) is 0 Å². The molecule has 3 heteroatoms. The summed E-state index contributed by atoms with van der Waals surface area (Å²) in [4.78, 5) is 0. The van der Waals surface area contributed by atoms with E-state index in [-0.39, 0.29) is 6.61 Å². The largest absolute Gasteiger partial charge is 0.487 e. The van der Waals surface area contributed by atoms with E-state index in [1.165, 1.54) is 25.7 Å². The lowest BCUT2D eigenvalue weighted by molar-refractivity contribution is 0.169. The highest BCUT2D eigenvalue weighted by Gasteiger charge is 2.21. The minimum Gasteiger partial charge on any atom is -0.487 e. The van der Waals surface area contributed by atoms with Crippen molar-refractivity contribution in [3.8, 4) is 11.5 Å². The SMILES string of the molecule is OCc1ccc(OC2CCCC2)c(OC2CCCC2)c1. The Morgan fingerprint density at radius 3 is 1.95 bits per heavy atom. The van der Waals surface area contributed by atoms with Gasteiger partial charge in [0.05, 0.1) is 18.8 Å². The van der Waals surface area contributed by atoms with Crippen molar-refractivity contribution in [3.63, 3.8) is 0 Å². The molecule has 2 aliphatic rings. The van der Waals surface area contributed by atoms with E-state index in [1.807, 2.05) is 18.2 Å². The van der Waals surface area contributed by atoms with Crippen LogP contribution in [0.5, 0.6) is 11.5 Å². The fourth-order valence-corrected chi connectivity index (χ4v) is 3.21. The Labute approximate surface area is 120 Å². The van der Waals surface area contributed by atoms with Crippen LogP contribution in [0.1, 0.15) is 56.9 Å². The number of aliphatic hydroxyl groups is 1. The summed E-state index contributed by atoms with van der Waals surface area (Å²) in [7, 11) is 0. The molecule has 1 aromatic rings. The Kier molecular flexibility index (Phi) is 4.46. The van der Waals surface area contributed by atoms with Crippen LogP contribution >= 0.6 is 0 Å². The molecule has 0 heterocycles. The number of hydrogen-bond donors (Lipinski definition) is 1. The predicted octanol–water partition coefficient (Wildman–Crippen LogP) is 3.82. The van der Waals surface area contributed by atoms with Gasteiger partial charge in [-0.1, -0.05) is 6.07 Å². The maximum atomic E-state index is 9.30. The van der Waals surface area contributed by atoms with Gasteiger partial charge in [-0.05, 0) is 69.1 Å². The quantitative estimate of drug-likeness (QED) is 0.888. The van der Waals surface area contributed by atoms with Crippen molar-refractivity contribution in [2.45, 2.75) is 70.2 Å². The molecule has 1 N–H and O–H groups in total. The molecule has 0 bridgehead atoms. The molecular weight excluding hydrogens is 252 g/mol. The van der Waals surface area contributed by atoms with E-state index in [9.17, 15) is 5.11 Å². The first-order chi connectivity index (χ1) is 9.85. The van der Waals surface area contributed by atoms with Crippen molar-refractivity contribution in [2.75, 3.05) is 0 Å². The summed E-state index contributed by atoms with van der Waals surface area (Å²) >= 11 is 0. The van der Waals surface area contributed by atoms with Gasteiger partial charge in [0.15, 0.2) is 11.5 Å². The number of aliphatic hydroxyl groups excluding tert-OH is 1. The summed E-state index contributed by atoms with van der Waals surface area (Å²) in [5.41, 5.74) is 0.886. The first-order valence-electron chi connectivity index (χ1n) is 7.92. The predicted molar refractivity (Wildman–Crippen MR) is 78.1 cm³/mol. The van der Waals surface area contributed by atoms with Gasteiger partial charge in [-0.2, -0.15) is 0 Å². The topological polar surface area (TPSA) is 38.7 Å². The van der Waals surface area contributed by atoms with Gasteiger partial charge < -0.3 is 14.6 Å². The molecule has 0 unspecified atom stereocenters. The maximum Gasteiger partial charge on any atom is 0.161 e. The smallest absolute Gasteiger partial charge is 0.161 e. The molecule has 110 valence electrons. The molecule has 3 nitrogen and oxygen atoms in total. The van der Waals surface area contributed by atoms with Crippen molar-refractivity contribution >= 4 is 0 Å². The van der Waals surface area contributed by atoms with E-state index in [1.54, 1.807) is 0 Å². The lowest BCUT2D eigenvalue weighted by Gasteiger charge is -2.20. The highest BCUT2D eigenvalue weighted by molar-refractivity contribution is 5.43. The van der Waals surface area contributed by atoms with Crippen LogP contribution < -0.4 is 9.47 Å². The van der Waals surface area contributed by atoms with E-state index >= 15 is 0 Å². The molecule has 2 fully saturated rings. The van der Waals surface area contributed by atoms with Crippen molar-refractivity contribution < 1.29 is 14.6 Å². The normalized spacial score (nSPS) is 20.4. The van der Waals surface area contributed by atoms with Crippen LogP contribution in [-0.4, -0.2) is 17.3 Å². The molecule has 0 atom stereocenters. The molecule has 0 saturated heterocycles. The zero-order chi connectivity index (χ0) is 13.8. The molecule has 0 radical (unpaired) electrons. The summed E-state index contributed by atoms with van der Waals surface area (Å²) in [6.45, 7) is 0.0464. The van der Waals surface area contributed by atoms with Gasteiger partial charge >= 0.3 is 0 Å². The standard InChI is InChI=1S/C17H24O3/c18-12-13-9-10-16(19-14-5-1-2-6-14)17(11-13)20-15-7-3-4-8-15/h9-11,14-15,18H,1-8,12H2. The van der Waals surface area contributed by atoms with Gasteiger partial charge in [-0.25, -0.2) is 0 Å². The van der Waals surface area contributed by atoms with Crippen molar-refractivity contribution in [2.24, 2.45) is 0 Å². The average molecular weight is 276 g/mol. The van der Waals surface area contributed by atoms with Gasteiger partial charge in [0.25, 0.3) is 0 Å². The van der Waals surface area contributed by atoms with E-state index in [4.69, 9.17) is 9.47 Å². The Balaban J connectivity index is 1.75. The second-order valence-corrected chi connectivity index (χ2v) is 5.99. The monoisotopic (exact) mass is 276 g/mol. The maximum absolute atomic E-state index is 9.30. The Hall–Kier alpha value is -1.22. The molecule has 20 heavy (non-hydrogen) atoms. The van der Waals surface area contributed by atoms with Crippen LogP contribution in [0.15, 0.2) is 18.2 Å². The molecule has 0 aliphatic heterocycles. The summed E-state index contributed by atoms with van der Waals surface area (Å²) in [5, 5.41) is 9.30. The second-order valence-electron chi connectivity index (χ2n) is 5.99. The summed E-state index contributed by atoms with van der Waals surface area (Å²) in [5.74, 6) is 1.66. The first kappa shape index (κ1) is 13.7. The van der Waals surface area contributed by atoms with Crippen LogP contribution in [0.25, 0.3) is 0 Å². The third-order valence-corrected chi connectivity index (χ3v) is 4.38. The van der Waals surface area contributed by atoms with Crippen LogP contribution in [0.4, 0.5) is 0 Å². The first-order valence-corrected chi connectivity index (χ1v) is 7.92. The van der Waals surface area contributed by atoms with Gasteiger partial charge in [0, 0.05) is 0 Å². The van der Waals surface area contributed by atoms with Crippen molar-refractivity contribution in [3.05, 3.63) is 23.8 Å². The number of rotatable bonds is 5. The number of benzene rings is 1. The molecule has 2 aliphatic carbocycles. The third-order valence-electron chi connectivity index (χ3n) is 4.38. The molecule has 3 rings (SSSR count). The fourth-order valence-electron chi connectivity index (χ4n) is 3.21. The second kappa shape index (κ2) is 6.49. The Bertz CT molecular complexity index is 432. The highest BCUT2D eigenvalue weighted by Crippen LogP contribution is 2.35. The van der Waals surface area contributed by atoms with Crippen molar-refractivity contribution in [1.82, 2.24) is 0 Å². The van der Waals surface area contributed by atoms with E-state index in [0.717, 1.165) is 42.7 Å². The molecule has 2 saturated carbocycles. The molecule has 0 amide bonds. The lowest BCUT2D eigenvalue weighted by atomic mass is 10.2. The summed E-state index contributed by atoms with van der Waals surface area (Å²) in [6.07, 6.45) is 10.2. The van der Waals surface area contributed by atoms with Gasteiger partial charge in [0.1, 0.15) is 0 Å². The van der Waals surface area contributed by atoms with Gasteiger partial charge in [0.2, 0.25) is 0 Å². The highest BCUT2D eigenvalue weighted by atomic mass is 16.5. The Morgan fingerprint density at radius 2 is 1.40 bits per heavy atom. The average Bonchev–Trinajstić information content (AvgIpc) is 3.14. The molecule has 0 spiro atoms. The molecule has 1 aromatic carbocycles. The molecule has 0 aromatic heterocycles. The summed E-state index contributed by atoms with van der Waals surface area (Å²) < 4.78 is 12.2. The third kappa shape index (κ3) is 3.26. The summed E-state index contributed by atoms with van der Waals surface area (Å²) in [6, 6.07) is 5.81. The fraction of sp³-hybridized carbons (Fsp3) is 0.647. The van der Waals surface area contributed by atoms with Crippen LogP contribution in [0.2, 0.25) is 0 Å². The van der Waals surface area contributed by atoms with Gasteiger partial charge in [-0.15, -0.1) is 0 Å². The van der Waals surface area contributed by atoms with E-state index < -0.39 is 0 Å². The minimum absolute atomic E-state index is 0.0464.